The number of rotatable bonds is 10. The Morgan fingerprint density at radius 2 is 1.72 bits per heavy atom. The highest BCUT2D eigenvalue weighted by Gasteiger charge is 2.32. The van der Waals surface area contributed by atoms with E-state index in [2.05, 4.69) is 13.8 Å². The van der Waals surface area contributed by atoms with E-state index in [4.69, 9.17) is 19.3 Å². The van der Waals surface area contributed by atoms with E-state index in [1.807, 2.05) is 0 Å². The molecular formula is C14H28O4. The second kappa shape index (κ2) is 9.73. The van der Waals surface area contributed by atoms with Crippen LogP contribution < -0.4 is 0 Å². The Hall–Kier alpha value is -0.160. The molecule has 1 heterocycles. The number of unbranched alkanes of at least 4 members (excludes halogenated alkanes) is 2. The molecule has 1 fully saturated rings. The van der Waals surface area contributed by atoms with Crippen LogP contribution in [0.15, 0.2) is 0 Å². The summed E-state index contributed by atoms with van der Waals surface area (Å²) in [7, 11) is 0. The normalized spacial score (nSPS) is 24.0. The fraction of sp³-hybridized carbons (Fsp3) is 1.00. The van der Waals surface area contributed by atoms with Crippen molar-refractivity contribution in [3.8, 4) is 0 Å². The smallest absolute Gasteiger partial charge is 0.183 e. The molecule has 0 saturated carbocycles. The highest BCUT2D eigenvalue weighted by atomic mass is 16.7. The number of aliphatic hydroxyl groups is 1. The van der Waals surface area contributed by atoms with Gasteiger partial charge in [0.25, 0.3) is 0 Å². The van der Waals surface area contributed by atoms with Crippen LogP contribution in [0.4, 0.5) is 0 Å². The molecule has 2 unspecified atom stereocenters. The summed E-state index contributed by atoms with van der Waals surface area (Å²) < 4.78 is 17.3. The summed E-state index contributed by atoms with van der Waals surface area (Å²) in [6, 6.07) is 0. The van der Waals surface area contributed by atoms with Crippen LogP contribution in [0.25, 0.3) is 0 Å². The Labute approximate surface area is 111 Å². The predicted molar refractivity (Wildman–Crippen MR) is 70.5 cm³/mol. The third-order valence-corrected chi connectivity index (χ3v) is 3.21. The highest BCUT2D eigenvalue weighted by Crippen LogP contribution is 2.24. The second-order valence-electron chi connectivity index (χ2n) is 4.87. The lowest BCUT2D eigenvalue weighted by Gasteiger charge is -2.24. The van der Waals surface area contributed by atoms with Crippen molar-refractivity contribution in [3.05, 3.63) is 0 Å². The lowest BCUT2D eigenvalue weighted by molar-refractivity contribution is -0.205. The maximum absolute atomic E-state index is 9.09. The first-order valence-corrected chi connectivity index (χ1v) is 7.31. The van der Waals surface area contributed by atoms with E-state index in [-0.39, 0.29) is 25.1 Å². The Morgan fingerprint density at radius 3 is 2.17 bits per heavy atom. The lowest BCUT2D eigenvalue weighted by atomic mass is 10.2. The van der Waals surface area contributed by atoms with Gasteiger partial charge in [-0.05, 0) is 25.7 Å². The van der Waals surface area contributed by atoms with Gasteiger partial charge in [-0.25, -0.2) is 0 Å². The zero-order valence-corrected chi connectivity index (χ0v) is 11.8. The van der Waals surface area contributed by atoms with E-state index in [1.54, 1.807) is 0 Å². The van der Waals surface area contributed by atoms with Crippen molar-refractivity contribution in [2.24, 2.45) is 0 Å². The molecule has 0 aromatic carbocycles. The predicted octanol–water partition coefficient (Wildman–Crippen LogP) is 2.49. The molecule has 2 atom stereocenters. The maximum atomic E-state index is 9.09. The van der Waals surface area contributed by atoms with Crippen LogP contribution >= 0.6 is 0 Å². The molecule has 1 saturated heterocycles. The van der Waals surface area contributed by atoms with Gasteiger partial charge in [0.1, 0.15) is 6.10 Å². The number of hydrogen-bond donors (Lipinski definition) is 1. The standard InChI is InChI=1S/C14H28O4/c1-3-5-9-16-14(17-10-6-4-2)13-8-7-12(11-15)18-13/h12-15H,3-11H2,1-2H3. The third-order valence-electron chi connectivity index (χ3n) is 3.21. The van der Waals surface area contributed by atoms with E-state index < -0.39 is 0 Å². The Balaban J connectivity index is 2.33. The minimum atomic E-state index is -0.264. The lowest BCUT2D eigenvalue weighted by Crippen LogP contribution is -2.33. The zero-order chi connectivity index (χ0) is 13.2. The van der Waals surface area contributed by atoms with E-state index in [9.17, 15) is 0 Å². The Bertz CT molecular complexity index is 188. The molecule has 0 aliphatic carbocycles. The monoisotopic (exact) mass is 260 g/mol. The van der Waals surface area contributed by atoms with Gasteiger partial charge in [0.2, 0.25) is 0 Å². The van der Waals surface area contributed by atoms with E-state index in [0.29, 0.717) is 0 Å². The maximum Gasteiger partial charge on any atom is 0.183 e. The van der Waals surface area contributed by atoms with Crippen molar-refractivity contribution >= 4 is 0 Å². The molecule has 1 rings (SSSR count). The fourth-order valence-electron chi connectivity index (χ4n) is 2.02. The van der Waals surface area contributed by atoms with Crippen LogP contribution in [0.5, 0.6) is 0 Å². The van der Waals surface area contributed by atoms with Gasteiger partial charge in [-0.2, -0.15) is 0 Å². The average Bonchev–Trinajstić information content (AvgIpc) is 2.86. The largest absolute Gasteiger partial charge is 0.394 e. The molecule has 0 aromatic rings. The summed E-state index contributed by atoms with van der Waals surface area (Å²) >= 11 is 0. The van der Waals surface area contributed by atoms with Crippen LogP contribution in [0.2, 0.25) is 0 Å². The Morgan fingerprint density at radius 1 is 1.11 bits per heavy atom. The van der Waals surface area contributed by atoms with Crippen molar-refractivity contribution in [3.63, 3.8) is 0 Å². The van der Waals surface area contributed by atoms with Gasteiger partial charge < -0.3 is 19.3 Å². The molecule has 1 N–H and O–H groups in total. The van der Waals surface area contributed by atoms with Crippen LogP contribution in [0, 0.1) is 0 Å². The molecule has 0 amide bonds. The zero-order valence-electron chi connectivity index (χ0n) is 11.8. The summed E-state index contributed by atoms with van der Waals surface area (Å²) in [6.45, 7) is 5.81. The van der Waals surface area contributed by atoms with Crippen LogP contribution in [-0.2, 0) is 14.2 Å². The molecule has 0 spiro atoms. The van der Waals surface area contributed by atoms with Gasteiger partial charge in [-0.3, -0.25) is 0 Å². The minimum absolute atomic E-state index is 0.0177. The van der Waals surface area contributed by atoms with Crippen molar-refractivity contribution < 1.29 is 19.3 Å². The molecule has 0 bridgehead atoms. The van der Waals surface area contributed by atoms with E-state index >= 15 is 0 Å². The topological polar surface area (TPSA) is 47.9 Å². The van der Waals surface area contributed by atoms with Gasteiger partial charge in [0.05, 0.1) is 12.7 Å². The van der Waals surface area contributed by atoms with Gasteiger partial charge >= 0.3 is 0 Å². The quantitative estimate of drug-likeness (QED) is 0.484. The molecule has 1 aliphatic heterocycles. The van der Waals surface area contributed by atoms with E-state index in [0.717, 1.165) is 51.7 Å². The van der Waals surface area contributed by atoms with Crippen LogP contribution in [0.1, 0.15) is 52.4 Å². The van der Waals surface area contributed by atoms with Gasteiger partial charge in [-0.15, -0.1) is 0 Å². The summed E-state index contributed by atoms with van der Waals surface area (Å²) in [5.74, 6) is 0. The van der Waals surface area contributed by atoms with E-state index in [1.165, 1.54) is 0 Å². The molecule has 4 heteroatoms. The highest BCUT2D eigenvalue weighted by molar-refractivity contribution is 4.75. The molecule has 18 heavy (non-hydrogen) atoms. The Kier molecular flexibility index (Phi) is 8.59. The fourth-order valence-corrected chi connectivity index (χ4v) is 2.02. The van der Waals surface area contributed by atoms with Gasteiger partial charge in [-0.1, -0.05) is 26.7 Å². The summed E-state index contributed by atoms with van der Waals surface area (Å²) in [5, 5.41) is 9.09. The minimum Gasteiger partial charge on any atom is -0.394 e. The number of hydrogen-bond acceptors (Lipinski definition) is 4. The first kappa shape index (κ1) is 15.9. The van der Waals surface area contributed by atoms with Crippen molar-refractivity contribution in [2.45, 2.75) is 70.9 Å². The van der Waals surface area contributed by atoms with Crippen LogP contribution in [0.3, 0.4) is 0 Å². The molecule has 0 aromatic heterocycles. The molecule has 0 radical (unpaired) electrons. The first-order chi connectivity index (χ1) is 8.81. The average molecular weight is 260 g/mol. The van der Waals surface area contributed by atoms with Gasteiger partial charge in [0.15, 0.2) is 6.29 Å². The summed E-state index contributed by atoms with van der Waals surface area (Å²) in [6.07, 6.45) is 5.81. The van der Waals surface area contributed by atoms with Crippen LogP contribution in [-0.4, -0.2) is 43.4 Å². The summed E-state index contributed by atoms with van der Waals surface area (Å²) in [5.41, 5.74) is 0. The van der Waals surface area contributed by atoms with Gasteiger partial charge in [0, 0.05) is 13.2 Å². The molecule has 4 nitrogen and oxygen atoms in total. The molecular weight excluding hydrogens is 232 g/mol. The molecule has 108 valence electrons. The second-order valence-corrected chi connectivity index (χ2v) is 4.87. The SMILES string of the molecule is CCCCOC(OCCCC)C1CCC(CO)O1. The third kappa shape index (κ3) is 5.65. The number of aliphatic hydroxyl groups excluding tert-OH is 1. The van der Waals surface area contributed by atoms with Crippen molar-refractivity contribution in [1.29, 1.82) is 0 Å². The number of ether oxygens (including phenoxy) is 3. The van der Waals surface area contributed by atoms with Crippen molar-refractivity contribution in [1.82, 2.24) is 0 Å². The molecule has 1 aliphatic rings. The summed E-state index contributed by atoms with van der Waals surface area (Å²) in [4.78, 5) is 0. The van der Waals surface area contributed by atoms with Crippen molar-refractivity contribution in [2.75, 3.05) is 19.8 Å². The first-order valence-electron chi connectivity index (χ1n) is 7.31.